The van der Waals surface area contributed by atoms with Crippen LogP contribution in [0.4, 0.5) is 0 Å². The number of rotatable bonds is 11. The monoisotopic (exact) mass is 412 g/mol. The summed E-state index contributed by atoms with van der Waals surface area (Å²) in [6.45, 7) is 0. The maximum Gasteiger partial charge on any atom is 0.287 e. The minimum Gasteiger partial charge on any atom is -0.497 e. The molecule has 1 atom stereocenters. The van der Waals surface area contributed by atoms with Gasteiger partial charge in [-0.3, -0.25) is 19.2 Å². The number of ketones is 2. The molecule has 30 heavy (non-hydrogen) atoms. The molecule has 0 radical (unpaired) electrons. The van der Waals surface area contributed by atoms with Gasteiger partial charge in [-0.25, -0.2) is 0 Å². The molecule has 0 heterocycles. The van der Waals surface area contributed by atoms with Crippen molar-refractivity contribution >= 4 is 23.4 Å². The van der Waals surface area contributed by atoms with Crippen molar-refractivity contribution in [1.82, 2.24) is 5.32 Å². The Balaban J connectivity index is 2.04. The molecule has 0 spiro atoms. The second-order valence-electron chi connectivity index (χ2n) is 6.53. The van der Waals surface area contributed by atoms with Gasteiger partial charge in [0.1, 0.15) is 17.5 Å². The Kier molecular flexibility index (Phi) is 8.10. The Labute approximate surface area is 174 Å². The molecule has 0 saturated heterocycles. The van der Waals surface area contributed by atoms with E-state index in [0.717, 1.165) is 5.56 Å². The molecule has 158 valence electrons. The lowest BCUT2D eigenvalue weighted by atomic mass is 10.0. The largest absolute Gasteiger partial charge is 0.497 e. The lowest BCUT2D eigenvalue weighted by molar-refractivity contribution is -0.138. The third kappa shape index (κ3) is 6.16. The highest BCUT2D eigenvalue weighted by Gasteiger charge is 2.25. The summed E-state index contributed by atoms with van der Waals surface area (Å²) in [5, 5.41) is 2.51. The van der Waals surface area contributed by atoms with Crippen molar-refractivity contribution in [3.8, 4) is 11.5 Å². The maximum atomic E-state index is 12.6. The van der Waals surface area contributed by atoms with E-state index in [1.165, 1.54) is 20.3 Å². The Morgan fingerprint density at radius 2 is 1.67 bits per heavy atom. The molecule has 0 unspecified atom stereocenters. The van der Waals surface area contributed by atoms with E-state index in [2.05, 4.69) is 5.32 Å². The van der Waals surface area contributed by atoms with E-state index in [9.17, 15) is 19.2 Å². The van der Waals surface area contributed by atoms with Gasteiger partial charge in [0.05, 0.1) is 19.8 Å². The van der Waals surface area contributed by atoms with Crippen LogP contribution in [0.15, 0.2) is 48.5 Å². The molecule has 2 aromatic rings. The molecular weight excluding hydrogens is 388 g/mol. The highest BCUT2D eigenvalue weighted by atomic mass is 16.5. The van der Waals surface area contributed by atoms with E-state index in [4.69, 9.17) is 15.2 Å². The summed E-state index contributed by atoms with van der Waals surface area (Å²) in [5.74, 6) is -2.03. The van der Waals surface area contributed by atoms with Crippen molar-refractivity contribution < 1.29 is 28.7 Å². The van der Waals surface area contributed by atoms with E-state index in [-0.39, 0.29) is 25.0 Å². The molecule has 0 saturated carbocycles. The quantitative estimate of drug-likeness (QED) is 0.425. The standard InChI is InChI=1S/C22H24N2O6/c1-29-15-8-10-19(30-2)16(13-15)18(25)9-11-20(26)24-17(21(27)22(23)28)12-14-6-4-3-5-7-14/h3-8,10,13,17H,9,11-12H2,1-2H3,(H2,23,28)(H,24,26)/t17-/m0/s1. The van der Waals surface area contributed by atoms with Crippen molar-refractivity contribution in [3.05, 3.63) is 59.7 Å². The first-order valence-corrected chi connectivity index (χ1v) is 9.27. The number of ether oxygens (including phenoxy) is 2. The second kappa shape index (κ2) is 10.8. The van der Waals surface area contributed by atoms with Crippen molar-refractivity contribution in [2.45, 2.75) is 25.3 Å². The van der Waals surface area contributed by atoms with Gasteiger partial charge in [0.15, 0.2) is 5.78 Å². The zero-order valence-electron chi connectivity index (χ0n) is 16.8. The van der Waals surface area contributed by atoms with Gasteiger partial charge in [0.2, 0.25) is 11.7 Å². The van der Waals surface area contributed by atoms with Crippen LogP contribution in [-0.2, 0) is 20.8 Å². The predicted octanol–water partition coefficient (Wildman–Crippen LogP) is 1.45. The molecule has 8 heteroatoms. The molecule has 2 aromatic carbocycles. The smallest absolute Gasteiger partial charge is 0.287 e. The normalized spacial score (nSPS) is 11.3. The second-order valence-corrected chi connectivity index (χ2v) is 6.53. The van der Waals surface area contributed by atoms with Gasteiger partial charge in [0, 0.05) is 19.3 Å². The number of primary amides is 1. The lowest BCUT2D eigenvalue weighted by Crippen LogP contribution is -2.47. The summed E-state index contributed by atoms with van der Waals surface area (Å²) < 4.78 is 10.3. The van der Waals surface area contributed by atoms with Crippen molar-refractivity contribution in [3.63, 3.8) is 0 Å². The van der Waals surface area contributed by atoms with Crippen LogP contribution >= 0.6 is 0 Å². The Bertz CT molecular complexity index is 926. The highest BCUT2D eigenvalue weighted by molar-refractivity contribution is 6.37. The van der Waals surface area contributed by atoms with Gasteiger partial charge in [-0.2, -0.15) is 0 Å². The zero-order valence-corrected chi connectivity index (χ0v) is 16.8. The molecule has 0 aliphatic heterocycles. The summed E-state index contributed by atoms with van der Waals surface area (Å²) in [5.41, 5.74) is 6.15. The van der Waals surface area contributed by atoms with Crippen LogP contribution in [0.25, 0.3) is 0 Å². The average Bonchev–Trinajstić information content (AvgIpc) is 2.76. The average molecular weight is 412 g/mol. The van der Waals surface area contributed by atoms with E-state index < -0.39 is 23.6 Å². The SMILES string of the molecule is COc1ccc(OC)c(C(=O)CCC(=O)N[C@@H](Cc2ccccc2)C(=O)C(N)=O)c1. The molecule has 0 aliphatic rings. The summed E-state index contributed by atoms with van der Waals surface area (Å²) >= 11 is 0. The van der Waals surface area contributed by atoms with Gasteiger partial charge in [0.25, 0.3) is 5.91 Å². The van der Waals surface area contributed by atoms with Crippen LogP contribution in [-0.4, -0.2) is 43.6 Å². The van der Waals surface area contributed by atoms with E-state index in [1.54, 1.807) is 36.4 Å². The van der Waals surface area contributed by atoms with Gasteiger partial charge >= 0.3 is 0 Å². The first-order valence-electron chi connectivity index (χ1n) is 9.27. The first-order chi connectivity index (χ1) is 14.3. The summed E-state index contributed by atoms with van der Waals surface area (Å²) in [6, 6.07) is 12.6. The van der Waals surface area contributed by atoms with Gasteiger partial charge < -0.3 is 20.5 Å². The fraction of sp³-hybridized carbons (Fsp3) is 0.273. The number of methoxy groups -OCH3 is 2. The van der Waals surface area contributed by atoms with Crippen LogP contribution in [0.3, 0.4) is 0 Å². The highest BCUT2D eigenvalue weighted by Crippen LogP contribution is 2.25. The molecule has 0 bridgehead atoms. The third-order valence-electron chi connectivity index (χ3n) is 4.46. The summed E-state index contributed by atoms with van der Waals surface area (Å²) in [4.78, 5) is 48.4. The number of Topliss-reactive ketones (excluding diaryl/α,β-unsaturated/α-hetero) is 2. The van der Waals surface area contributed by atoms with Gasteiger partial charge in [-0.15, -0.1) is 0 Å². The number of hydrogen-bond acceptors (Lipinski definition) is 6. The first kappa shape index (κ1) is 22.6. The zero-order chi connectivity index (χ0) is 22.1. The van der Waals surface area contributed by atoms with Gasteiger partial charge in [-0.05, 0) is 23.8 Å². The van der Waals surface area contributed by atoms with Crippen molar-refractivity contribution in [2.24, 2.45) is 5.73 Å². The van der Waals surface area contributed by atoms with Crippen LogP contribution in [0.5, 0.6) is 11.5 Å². The fourth-order valence-electron chi connectivity index (χ4n) is 2.89. The number of nitrogens with one attached hydrogen (secondary N) is 1. The molecular formula is C22H24N2O6. The molecule has 0 aliphatic carbocycles. The van der Waals surface area contributed by atoms with E-state index >= 15 is 0 Å². The molecule has 0 fully saturated rings. The number of carbonyl (C=O) groups is 4. The Morgan fingerprint density at radius 3 is 2.27 bits per heavy atom. The Hall–Kier alpha value is -3.68. The van der Waals surface area contributed by atoms with Crippen molar-refractivity contribution in [2.75, 3.05) is 14.2 Å². The molecule has 2 rings (SSSR count). The third-order valence-corrected chi connectivity index (χ3v) is 4.46. The number of hydrogen-bond donors (Lipinski definition) is 2. The topological polar surface area (TPSA) is 125 Å². The number of amides is 2. The van der Waals surface area contributed by atoms with E-state index in [0.29, 0.717) is 17.1 Å². The number of carbonyl (C=O) groups excluding carboxylic acids is 4. The molecule has 8 nitrogen and oxygen atoms in total. The van der Waals surface area contributed by atoms with Gasteiger partial charge in [-0.1, -0.05) is 30.3 Å². The van der Waals surface area contributed by atoms with Crippen LogP contribution < -0.4 is 20.5 Å². The molecule has 2 amide bonds. The summed E-state index contributed by atoms with van der Waals surface area (Å²) in [7, 11) is 2.92. The maximum absolute atomic E-state index is 12.6. The molecule has 0 aromatic heterocycles. The van der Waals surface area contributed by atoms with Crippen molar-refractivity contribution in [1.29, 1.82) is 0 Å². The van der Waals surface area contributed by atoms with Crippen LogP contribution in [0.1, 0.15) is 28.8 Å². The number of nitrogens with two attached hydrogens (primary N) is 1. The number of benzene rings is 2. The van der Waals surface area contributed by atoms with E-state index in [1.807, 2.05) is 6.07 Å². The molecule has 3 N–H and O–H groups in total. The Morgan fingerprint density at radius 1 is 0.967 bits per heavy atom. The lowest BCUT2D eigenvalue weighted by Gasteiger charge is -2.16. The van der Waals surface area contributed by atoms with Crippen LogP contribution in [0, 0.1) is 0 Å². The fourth-order valence-corrected chi connectivity index (χ4v) is 2.89. The predicted molar refractivity (Wildman–Crippen MR) is 109 cm³/mol. The van der Waals surface area contributed by atoms with Crippen LogP contribution in [0.2, 0.25) is 0 Å². The minimum atomic E-state index is -1.13. The minimum absolute atomic E-state index is 0.113. The summed E-state index contributed by atoms with van der Waals surface area (Å²) in [6.07, 6.45) is -0.166.